The zero-order valence-corrected chi connectivity index (χ0v) is 15.7. The first-order chi connectivity index (χ1) is 12.5. The second kappa shape index (κ2) is 7.37. The van der Waals surface area contributed by atoms with Gasteiger partial charge in [0.25, 0.3) is 5.91 Å². The fourth-order valence-corrected chi connectivity index (χ4v) is 4.29. The lowest BCUT2D eigenvalue weighted by Gasteiger charge is -2.30. The highest BCUT2D eigenvalue weighted by molar-refractivity contribution is 7.92. The van der Waals surface area contributed by atoms with Crippen molar-refractivity contribution in [2.75, 3.05) is 29.0 Å². The lowest BCUT2D eigenvalue weighted by Crippen LogP contribution is -2.36. The number of carbonyl (C=O) groups excluding carboxylic acids is 1. The van der Waals surface area contributed by atoms with Crippen LogP contribution in [0.1, 0.15) is 29.3 Å². The number of amides is 1. The normalized spacial score (nSPS) is 13.8. The van der Waals surface area contributed by atoms with Crippen LogP contribution in [0.5, 0.6) is 5.75 Å². The van der Waals surface area contributed by atoms with Gasteiger partial charge in [-0.05, 0) is 55.7 Å². The van der Waals surface area contributed by atoms with Crippen molar-refractivity contribution in [1.82, 2.24) is 0 Å². The Morgan fingerprint density at radius 1 is 1.23 bits per heavy atom. The van der Waals surface area contributed by atoms with E-state index in [1.165, 1.54) is 4.31 Å². The standard InChI is InChI=1S/C19H22N2O4S/c1-3-26(23,24)21-12-6-7-14-13-15(10-11-17(14)21)19(22)20-16-8-4-5-9-18(16)25-2/h4-5,8-11,13H,3,6-7,12H2,1-2H3,(H,20,22). The number of rotatable bonds is 5. The van der Waals surface area contributed by atoms with Crippen LogP contribution in [0.15, 0.2) is 42.5 Å². The smallest absolute Gasteiger partial charge is 0.255 e. The average Bonchev–Trinajstić information content (AvgIpc) is 2.67. The summed E-state index contributed by atoms with van der Waals surface area (Å²) < 4.78 is 31.3. The van der Waals surface area contributed by atoms with Crippen LogP contribution in [0.4, 0.5) is 11.4 Å². The Labute approximate surface area is 153 Å². The minimum atomic E-state index is -3.31. The number of methoxy groups -OCH3 is 1. The quantitative estimate of drug-likeness (QED) is 0.873. The summed E-state index contributed by atoms with van der Waals surface area (Å²) in [6, 6.07) is 12.3. The molecule has 1 amide bonds. The van der Waals surface area contributed by atoms with E-state index in [1.54, 1.807) is 44.4 Å². The highest BCUT2D eigenvalue weighted by atomic mass is 32.2. The predicted molar refractivity (Wildman–Crippen MR) is 103 cm³/mol. The number of nitrogens with one attached hydrogen (secondary N) is 1. The highest BCUT2D eigenvalue weighted by Crippen LogP contribution is 2.31. The molecule has 7 heteroatoms. The molecule has 0 saturated heterocycles. The predicted octanol–water partition coefficient (Wildman–Crippen LogP) is 3.05. The Bertz CT molecular complexity index is 925. The minimum absolute atomic E-state index is 0.0580. The van der Waals surface area contributed by atoms with Crippen molar-refractivity contribution in [2.45, 2.75) is 19.8 Å². The monoisotopic (exact) mass is 374 g/mol. The zero-order valence-electron chi connectivity index (χ0n) is 14.9. The van der Waals surface area contributed by atoms with Gasteiger partial charge in [-0.3, -0.25) is 9.10 Å². The minimum Gasteiger partial charge on any atom is -0.495 e. The van der Waals surface area contributed by atoms with Crippen LogP contribution in [0.2, 0.25) is 0 Å². The highest BCUT2D eigenvalue weighted by Gasteiger charge is 2.26. The van der Waals surface area contributed by atoms with Gasteiger partial charge in [-0.1, -0.05) is 12.1 Å². The van der Waals surface area contributed by atoms with Crippen LogP contribution in [-0.2, 0) is 16.4 Å². The summed E-state index contributed by atoms with van der Waals surface area (Å²) in [4.78, 5) is 12.6. The number of benzene rings is 2. The van der Waals surface area contributed by atoms with Crippen LogP contribution in [0.3, 0.4) is 0 Å². The van der Waals surface area contributed by atoms with Crippen LogP contribution in [-0.4, -0.2) is 33.7 Å². The summed E-state index contributed by atoms with van der Waals surface area (Å²) in [5.74, 6) is 0.384. The maximum Gasteiger partial charge on any atom is 0.255 e. The summed E-state index contributed by atoms with van der Waals surface area (Å²) in [7, 11) is -1.76. The van der Waals surface area contributed by atoms with Gasteiger partial charge in [0, 0.05) is 12.1 Å². The first-order valence-corrected chi connectivity index (χ1v) is 10.1. The molecule has 1 N–H and O–H groups in total. The second-order valence-corrected chi connectivity index (χ2v) is 8.26. The molecule has 1 heterocycles. The van der Waals surface area contributed by atoms with Gasteiger partial charge >= 0.3 is 0 Å². The molecule has 3 rings (SSSR count). The van der Waals surface area contributed by atoms with Gasteiger partial charge in [0.2, 0.25) is 10.0 Å². The second-order valence-electron chi connectivity index (χ2n) is 6.07. The molecule has 0 unspecified atom stereocenters. The molecular formula is C19H22N2O4S. The van der Waals surface area contributed by atoms with Crippen molar-refractivity contribution in [3.05, 3.63) is 53.6 Å². The summed E-state index contributed by atoms with van der Waals surface area (Å²) in [6.45, 7) is 2.12. The molecule has 2 aromatic rings. The first kappa shape index (κ1) is 18.3. The van der Waals surface area contributed by atoms with Gasteiger partial charge in [0.05, 0.1) is 24.2 Å². The third-order valence-electron chi connectivity index (χ3n) is 4.47. The molecule has 138 valence electrons. The van der Waals surface area contributed by atoms with E-state index in [0.717, 1.165) is 18.4 Å². The molecule has 1 aliphatic rings. The van der Waals surface area contributed by atoms with Crippen LogP contribution in [0, 0.1) is 0 Å². The van der Waals surface area contributed by atoms with Crippen molar-refractivity contribution >= 4 is 27.3 Å². The van der Waals surface area contributed by atoms with Crippen molar-refractivity contribution in [1.29, 1.82) is 0 Å². The lowest BCUT2D eigenvalue weighted by molar-refractivity contribution is 0.102. The Kier molecular flexibility index (Phi) is 5.18. The molecule has 0 bridgehead atoms. The Hall–Kier alpha value is -2.54. The maximum absolute atomic E-state index is 12.6. The molecule has 6 nitrogen and oxygen atoms in total. The number of hydrogen-bond donors (Lipinski definition) is 1. The third kappa shape index (κ3) is 3.53. The van der Waals surface area contributed by atoms with Crippen LogP contribution < -0.4 is 14.4 Å². The first-order valence-electron chi connectivity index (χ1n) is 8.54. The molecule has 0 aliphatic carbocycles. The van der Waals surface area contributed by atoms with E-state index < -0.39 is 10.0 Å². The van der Waals surface area contributed by atoms with Crippen molar-refractivity contribution in [3.63, 3.8) is 0 Å². The average molecular weight is 374 g/mol. The van der Waals surface area contributed by atoms with Crippen molar-refractivity contribution in [2.24, 2.45) is 0 Å². The molecule has 26 heavy (non-hydrogen) atoms. The Morgan fingerprint density at radius 2 is 2.00 bits per heavy atom. The number of anilines is 2. The van der Waals surface area contributed by atoms with E-state index in [1.807, 2.05) is 12.1 Å². The van der Waals surface area contributed by atoms with Gasteiger partial charge < -0.3 is 10.1 Å². The van der Waals surface area contributed by atoms with E-state index in [-0.39, 0.29) is 11.7 Å². The molecule has 0 spiro atoms. The topological polar surface area (TPSA) is 75.7 Å². The van der Waals surface area contributed by atoms with Crippen molar-refractivity contribution in [3.8, 4) is 5.75 Å². The summed E-state index contributed by atoms with van der Waals surface area (Å²) >= 11 is 0. The molecular weight excluding hydrogens is 352 g/mol. The fourth-order valence-electron chi connectivity index (χ4n) is 3.09. The third-order valence-corrected chi connectivity index (χ3v) is 6.25. The largest absolute Gasteiger partial charge is 0.495 e. The number of aryl methyl sites for hydroxylation is 1. The zero-order chi connectivity index (χ0) is 18.7. The number of hydrogen-bond acceptors (Lipinski definition) is 4. The summed E-state index contributed by atoms with van der Waals surface area (Å²) in [5.41, 5.74) is 2.63. The fraction of sp³-hybridized carbons (Fsp3) is 0.316. The van der Waals surface area contributed by atoms with Gasteiger partial charge in [-0.15, -0.1) is 0 Å². The van der Waals surface area contributed by atoms with E-state index in [4.69, 9.17) is 4.74 Å². The molecule has 2 aromatic carbocycles. The summed E-state index contributed by atoms with van der Waals surface area (Å²) in [6.07, 6.45) is 1.49. The van der Waals surface area contributed by atoms with Gasteiger partial charge in [-0.25, -0.2) is 8.42 Å². The van der Waals surface area contributed by atoms with Gasteiger partial charge in [0.15, 0.2) is 0 Å². The van der Waals surface area contributed by atoms with E-state index >= 15 is 0 Å². The van der Waals surface area contributed by atoms with E-state index in [0.29, 0.717) is 29.2 Å². The lowest BCUT2D eigenvalue weighted by atomic mass is 10.0. The SMILES string of the molecule is CCS(=O)(=O)N1CCCc2cc(C(=O)Nc3ccccc3OC)ccc21. The number of ether oxygens (including phenoxy) is 1. The van der Waals surface area contributed by atoms with Crippen LogP contribution in [0.25, 0.3) is 0 Å². The number of para-hydroxylation sites is 2. The molecule has 1 aliphatic heterocycles. The van der Waals surface area contributed by atoms with Gasteiger partial charge in [0.1, 0.15) is 5.75 Å². The maximum atomic E-state index is 12.6. The van der Waals surface area contributed by atoms with Crippen LogP contribution >= 0.6 is 0 Å². The molecule has 0 fully saturated rings. The Morgan fingerprint density at radius 3 is 2.73 bits per heavy atom. The number of sulfonamides is 1. The molecule has 0 atom stereocenters. The number of carbonyl (C=O) groups is 1. The number of nitrogens with zero attached hydrogens (tertiary/aromatic N) is 1. The van der Waals surface area contributed by atoms with E-state index in [2.05, 4.69) is 5.32 Å². The summed E-state index contributed by atoms with van der Waals surface area (Å²) in [5, 5.41) is 2.84. The Balaban J connectivity index is 1.88. The van der Waals surface area contributed by atoms with Crippen molar-refractivity contribution < 1.29 is 17.9 Å². The van der Waals surface area contributed by atoms with E-state index in [9.17, 15) is 13.2 Å². The van der Waals surface area contributed by atoms with Gasteiger partial charge in [-0.2, -0.15) is 0 Å². The number of fused-ring (bicyclic) bond motifs is 1. The molecule has 0 saturated carbocycles. The molecule has 0 aromatic heterocycles. The molecule has 0 radical (unpaired) electrons.